The molecule has 0 bridgehead atoms. The Morgan fingerprint density at radius 3 is 2.76 bits per heavy atom. The van der Waals surface area contributed by atoms with Gasteiger partial charge in [0.2, 0.25) is 5.91 Å². The molecule has 0 aromatic rings. The molecule has 0 saturated carbocycles. The summed E-state index contributed by atoms with van der Waals surface area (Å²) in [5.41, 5.74) is 0. The summed E-state index contributed by atoms with van der Waals surface area (Å²) in [7, 11) is 0. The van der Waals surface area contributed by atoms with Gasteiger partial charge in [0.05, 0.1) is 6.61 Å². The van der Waals surface area contributed by atoms with E-state index in [4.69, 9.17) is 0 Å². The summed E-state index contributed by atoms with van der Waals surface area (Å²) in [6, 6.07) is 0.843. The normalized spacial score (nSPS) is 31.2. The lowest BCUT2D eigenvalue weighted by molar-refractivity contribution is -0.128. The van der Waals surface area contributed by atoms with E-state index < -0.39 is 0 Å². The lowest BCUT2D eigenvalue weighted by atomic mass is 9.97. The van der Waals surface area contributed by atoms with Gasteiger partial charge in [-0.3, -0.25) is 9.69 Å². The van der Waals surface area contributed by atoms with E-state index in [9.17, 15) is 9.90 Å². The number of amides is 1. The van der Waals surface area contributed by atoms with E-state index in [1.807, 2.05) is 4.90 Å². The third-order valence-corrected chi connectivity index (χ3v) is 4.20. The first kappa shape index (κ1) is 12.8. The smallest absolute Gasteiger partial charge is 0.222 e. The number of nitrogens with zero attached hydrogens (tertiary/aromatic N) is 2. The molecule has 0 radical (unpaired) electrons. The van der Waals surface area contributed by atoms with Gasteiger partial charge in [-0.1, -0.05) is 6.42 Å². The molecule has 2 heterocycles. The molecule has 2 fully saturated rings. The summed E-state index contributed by atoms with van der Waals surface area (Å²) in [5.74, 6) is 0.301. The summed E-state index contributed by atoms with van der Waals surface area (Å²) in [6.45, 7) is 5.15. The highest BCUT2D eigenvalue weighted by atomic mass is 16.3. The van der Waals surface area contributed by atoms with E-state index in [2.05, 4.69) is 11.8 Å². The monoisotopic (exact) mass is 240 g/mol. The van der Waals surface area contributed by atoms with Gasteiger partial charge >= 0.3 is 0 Å². The fourth-order valence-corrected chi connectivity index (χ4v) is 3.12. The fraction of sp³-hybridized carbons (Fsp3) is 0.923. The molecule has 2 aliphatic heterocycles. The minimum absolute atomic E-state index is 0.248. The van der Waals surface area contributed by atoms with Crippen molar-refractivity contribution in [1.29, 1.82) is 0 Å². The number of piperidine rings is 1. The summed E-state index contributed by atoms with van der Waals surface area (Å²) >= 11 is 0. The first-order valence-electron chi connectivity index (χ1n) is 6.86. The molecule has 2 atom stereocenters. The van der Waals surface area contributed by atoms with Gasteiger partial charge in [0.25, 0.3) is 0 Å². The average Bonchev–Trinajstić information content (AvgIpc) is 2.73. The predicted octanol–water partition coefficient (Wildman–Crippen LogP) is 0.844. The van der Waals surface area contributed by atoms with Gasteiger partial charge in [0.15, 0.2) is 0 Å². The second kappa shape index (κ2) is 5.83. The summed E-state index contributed by atoms with van der Waals surface area (Å²) in [5, 5.41) is 9.40. The zero-order valence-electron chi connectivity index (χ0n) is 10.8. The Balaban J connectivity index is 1.84. The maximum absolute atomic E-state index is 11.5. The maximum atomic E-state index is 11.5. The van der Waals surface area contributed by atoms with Crippen molar-refractivity contribution < 1.29 is 9.90 Å². The molecule has 2 rings (SSSR count). The Hall–Kier alpha value is -0.610. The molecule has 0 aliphatic carbocycles. The van der Waals surface area contributed by atoms with Gasteiger partial charge in [-0.15, -0.1) is 0 Å². The van der Waals surface area contributed by atoms with Crippen molar-refractivity contribution in [3.8, 4) is 0 Å². The molecule has 0 spiro atoms. The van der Waals surface area contributed by atoms with Gasteiger partial charge in [0, 0.05) is 38.1 Å². The van der Waals surface area contributed by atoms with Crippen LogP contribution in [0.25, 0.3) is 0 Å². The highest BCUT2D eigenvalue weighted by Gasteiger charge is 2.28. The topological polar surface area (TPSA) is 43.8 Å². The number of rotatable bonds is 4. The Kier molecular flexibility index (Phi) is 4.40. The predicted molar refractivity (Wildman–Crippen MR) is 66.7 cm³/mol. The van der Waals surface area contributed by atoms with E-state index in [1.165, 1.54) is 12.8 Å². The maximum Gasteiger partial charge on any atom is 0.222 e. The second-order valence-electron chi connectivity index (χ2n) is 5.34. The molecule has 1 N–H and O–H groups in total. The quantitative estimate of drug-likeness (QED) is 0.792. The standard InChI is InChI=1S/C13H24N2O2/c1-11-4-2-5-12(10-16)15(11)9-8-14-7-3-6-13(14)17/h11-12,16H,2-10H2,1H3. The van der Waals surface area contributed by atoms with Crippen LogP contribution in [0.5, 0.6) is 0 Å². The van der Waals surface area contributed by atoms with Gasteiger partial charge < -0.3 is 10.0 Å². The Bertz CT molecular complexity index is 270. The zero-order chi connectivity index (χ0) is 12.3. The molecule has 17 heavy (non-hydrogen) atoms. The van der Waals surface area contributed by atoms with Crippen LogP contribution in [-0.4, -0.2) is 59.1 Å². The summed E-state index contributed by atoms with van der Waals surface area (Å²) in [4.78, 5) is 15.9. The minimum atomic E-state index is 0.248. The molecule has 1 amide bonds. The molecule has 98 valence electrons. The highest BCUT2D eigenvalue weighted by molar-refractivity contribution is 5.78. The van der Waals surface area contributed by atoms with E-state index in [-0.39, 0.29) is 6.61 Å². The summed E-state index contributed by atoms with van der Waals surface area (Å²) < 4.78 is 0. The fourth-order valence-electron chi connectivity index (χ4n) is 3.12. The number of likely N-dealkylation sites (tertiary alicyclic amines) is 2. The number of carbonyl (C=O) groups excluding carboxylic acids is 1. The third kappa shape index (κ3) is 2.99. The molecule has 4 nitrogen and oxygen atoms in total. The van der Waals surface area contributed by atoms with E-state index in [1.54, 1.807) is 0 Å². The van der Waals surface area contributed by atoms with Crippen molar-refractivity contribution in [2.75, 3.05) is 26.2 Å². The Morgan fingerprint density at radius 2 is 2.12 bits per heavy atom. The lowest BCUT2D eigenvalue weighted by Crippen LogP contribution is -2.50. The van der Waals surface area contributed by atoms with Crippen LogP contribution in [-0.2, 0) is 4.79 Å². The van der Waals surface area contributed by atoms with Gasteiger partial charge in [0.1, 0.15) is 0 Å². The van der Waals surface area contributed by atoms with Crippen LogP contribution in [0.3, 0.4) is 0 Å². The van der Waals surface area contributed by atoms with Gasteiger partial charge in [-0.25, -0.2) is 0 Å². The molecule has 0 aromatic carbocycles. The number of hydrogen-bond acceptors (Lipinski definition) is 3. The van der Waals surface area contributed by atoms with Crippen LogP contribution in [0.1, 0.15) is 39.0 Å². The third-order valence-electron chi connectivity index (χ3n) is 4.20. The van der Waals surface area contributed by atoms with Crippen LogP contribution in [0, 0.1) is 0 Å². The van der Waals surface area contributed by atoms with Crippen molar-refractivity contribution in [3.63, 3.8) is 0 Å². The molecule has 2 saturated heterocycles. The SMILES string of the molecule is CC1CCCC(CO)N1CCN1CCCC1=O. The van der Waals surface area contributed by atoms with Crippen LogP contribution >= 0.6 is 0 Å². The molecular formula is C13H24N2O2. The number of hydrogen-bond donors (Lipinski definition) is 1. The van der Waals surface area contributed by atoms with Crippen LogP contribution in [0.15, 0.2) is 0 Å². The molecule has 4 heteroatoms. The van der Waals surface area contributed by atoms with E-state index >= 15 is 0 Å². The Labute approximate surface area is 104 Å². The van der Waals surface area contributed by atoms with Crippen molar-refractivity contribution >= 4 is 5.91 Å². The van der Waals surface area contributed by atoms with Crippen LogP contribution < -0.4 is 0 Å². The minimum Gasteiger partial charge on any atom is -0.395 e. The molecule has 0 aromatic heterocycles. The van der Waals surface area contributed by atoms with Gasteiger partial charge in [-0.05, 0) is 26.2 Å². The first-order valence-corrected chi connectivity index (χ1v) is 6.86. The van der Waals surface area contributed by atoms with E-state index in [0.29, 0.717) is 18.0 Å². The second-order valence-corrected chi connectivity index (χ2v) is 5.34. The Morgan fingerprint density at radius 1 is 1.29 bits per heavy atom. The van der Waals surface area contributed by atoms with Crippen molar-refractivity contribution in [2.24, 2.45) is 0 Å². The summed E-state index contributed by atoms with van der Waals surface area (Å²) in [6.07, 6.45) is 5.25. The van der Waals surface area contributed by atoms with Crippen molar-refractivity contribution in [2.45, 2.75) is 51.1 Å². The average molecular weight is 240 g/mol. The number of aliphatic hydroxyl groups excluding tert-OH is 1. The number of aliphatic hydroxyl groups is 1. The highest BCUT2D eigenvalue weighted by Crippen LogP contribution is 2.22. The van der Waals surface area contributed by atoms with Crippen LogP contribution in [0.4, 0.5) is 0 Å². The lowest BCUT2D eigenvalue weighted by Gasteiger charge is -2.40. The molecule has 2 aliphatic rings. The van der Waals surface area contributed by atoms with E-state index in [0.717, 1.165) is 38.9 Å². The first-order chi connectivity index (χ1) is 8.22. The number of carbonyl (C=O) groups is 1. The molecule has 2 unspecified atom stereocenters. The van der Waals surface area contributed by atoms with Crippen molar-refractivity contribution in [1.82, 2.24) is 9.80 Å². The zero-order valence-corrected chi connectivity index (χ0v) is 10.8. The van der Waals surface area contributed by atoms with Gasteiger partial charge in [-0.2, -0.15) is 0 Å². The molecular weight excluding hydrogens is 216 g/mol. The van der Waals surface area contributed by atoms with Crippen LogP contribution in [0.2, 0.25) is 0 Å². The largest absolute Gasteiger partial charge is 0.395 e. The van der Waals surface area contributed by atoms with Crippen molar-refractivity contribution in [3.05, 3.63) is 0 Å².